The highest BCUT2D eigenvalue weighted by Crippen LogP contribution is 2.22. The van der Waals surface area contributed by atoms with Gasteiger partial charge in [-0.1, -0.05) is 18.2 Å². The Morgan fingerprint density at radius 1 is 1.23 bits per heavy atom. The molecule has 1 fully saturated rings. The van der Waals surface area contributed by atoms with Gasteiger partial charge in [0, 0.05) is 37.8 Å². The Morgan fingerprint density at radius 3 is 2.93 bits per heavy atom. The second-order valence-electron chi connectivity index (χ2n) is 7.74. The number of para-hydroxylation sites is 1. The number of nitrogens with zero attached hydrogens (tertiary/aromatic N) is 3. The third-order valence-corrected chi connectivity index (χ3v) is 5.49. The molecule has 1 atom stereocenters. The van der Waals surface area contributed by atoms with Crippen LogP contribution >= 0.6 is 0 Å². The second kappa shape index (κ2) is 9.04. The third kappa shape index (κ3) is 4.83. The molecule has 3 aromatic rings. The summed E-state index contributed by atoms with van der Waals surface area (Å²) in [4.78, 5) is 38.1. The van der Waals surface area contributed by atoms with E-state index in [0.717, 1.165) is 42.0 Å². The Bertz CT molecular complexity index is 1010. The molecule has 0 radical (unpaired) electrons. The fourth-order valence-electron chi connectivity index (χ4n) is 3.91. The molecular formula is C22H26N6O2. The number of rotatable bonds is 7. The van der Waals surface area contributed by atoms with Crippen LogP contribution in [-0.4, -0.2) is 44.8 Å². The molecule has 0 aliphatic carbocycles. The minimum atomic E-state index is -0.234. The molecule has 1 unspecified atom stereocenters. The van der Waals surface area contributed by atoms with Crippen molar-refractivity contribution in [2.45, 2.75) is 32.2 Å². The van der Waals surface area contributed by atoms with Gasteiger partial charge in [-0.05, 0) is 43.1 Å². The van der Waals surface area contributed by atoms with Crippen LogP contribution in [0, 0.1) is 5.92 Å². The van der Waals surface area contributed by atoms with E-state index >= 15 is 0 Å². The second-order valence-corrected chi connectivity index (χ2v) is 7.74. The number of nitrogens with one attached hydrogen (secondary N) is 2. The van der Waals surface area contributed by atoms with Crippen LogP contribution in [0.15, 0.2) is 42.6 Å². The predicted octanol–water partition coefficient (Wildman–Crippen LogP) is 2.23. The number of hydrogen-bond acceptors (Lipinski definition) is 5. The number of carbonyl (C=O) groups is 2. The molecule has 2 aromatic heterocycles. The quantitative estimate of drug-likeness (QED) is 0.556. The van der Waals surface area contributed by atoms with Gasteiger partial charge in [0.2, 0.25) is 11.8 Å². The van der Waals surface area contributed by atoms with Crippen molar-refractivity contribution in [1.29, 1.82) is 0 Å². The summed E-state index contributed by atoms with van der Waals surface area (Å²) >= 11 is 0. The Balaban J connectivity index is 1.36. The first-order valence-electron chi connectivity index (χ1n) is 10.3. The lowest BCUT2D eigenvalue weighted by Crippen LogP contribution is -2.40. The number of hydrogen-bond donors (Lipinski definition) is 3. The van der Waals surface area contributed by atoms with Crippen molar-refractivity contribution in [2.75, 3.05) is 18.4 Å². The van der Waals surface area contributed by atoms with Gasteiger partial charge >= 0.3 is 0 Å². The summed E-state index contributed by atoms with van der Waals surface area (Å²) < 4.78 is 0. The third-order valence-electron chi connectivity index (χ3n) is 5.49. The zero-order chi connectivity index (χ0) is 20.9. The molecule has 2 amide bonds. The Labute approximate surface area is 174 Å². The minimum Gasteiger partial charge on any atom is -0.369 e. The van der Waals surface area contributed by atoms with Gasteiger partial charge in [-0.2, -0.15) is 0 Å². The normalized spacial score (nSPS) is 17.1. The number of anilines is 1. The van der Waals surface area contributed by atoms with Crippen molar-refractivity contribution in [3.8, 4) is 0 Å². The zero-order valence-electron chi connectivity index (χ0n) is 16.8. The van der Waals surface area contributed by atoms with Gasteiger partial charge in [-0.25, -0.2) is 9.97 Å². The predicted molar refractivity (Wildman–Crippen MR) is 114 cm³/mol. The molecule has 4 rings (SSSR count). The first-order valence-corrected chi connectivity index (χ1v) is 10.3. The molecule has 0 bridgehead atoms. The van der Waals surface area contributed by atoms with E-state index in [4.69, 9.17) is 5.73 Å². The van der Waals surface area contributed by atoms with E-state index in [-0.39, 0.29) is 17.7 Å². The highest BCUT2D eigenvalue weighted by molar-refractivity contribution is 5.91. The van der Waals surface area contributed by atoms with E-state index in [9.17, 15) is 9.59 Å². The molecule has 1 saturated heterocycles. The van der Waals surface area contributed by atoms with Crippen LogP contribution in [0.3, 0.4) is 0 Å². The fourth-order valence-corrected chi connectivity index (χ4v) is 3.91. The lowest BCUT2D eigenvalue weighted by atomic mass is 9.97. The first kappa shape index (κ1) is 20.0. The van der Waals surface area contributed by atoms with Crippen LogP contribution in [0.25, 0.3) is 11.2 Å². The smallest absolute Gasteiger partial charge is 0.224 e. The number of amides is 2. The fraction of sp³-hybridized carbons (Fsp3) is 0.364. The Hall–Kier alpha value is -3.26. The van der Waals surface area contributed by atoms with Gasteiger partial charge in [0.25, 0.3) is 0 Å². The van der Waals surface area contributed by atoms with Gasteiger partial charge in [0.15, 0.2) is 5.65 Å². The summed E-state index contributed by atoms with van der Waals surface area (Å²) in [6.07, 6.45) is 4.33. The van der Waals surface area contributed by atoms with Gasteiger partial charge in [-0.15, -0.1) is 0 Å². The summed E-state index contributed by atoms with van der Waals surface area (Å²) in [5.41, 5.74) is 8.85. The number of imidazole rings is 1. The average Bonchev–Trinajstić information content (AvgIpc) is 3.17. The van der Waals surface area contributed by atoms with Gasteiger partial charge in [0.1, 0.15) is 5.82 Å². The Morgan fingerprint density at radius 2 is 2.10 bits per heavy atom. The highest BCUT2D eigenvalue weighted by atomic mass is 16.2. The zero-order valence-corrected chi connectivity index (χ0v) is 16.8. The maximum absolute atomic E-state index is 12.5. The number of aromatic nitrogens is 3. The van der Waals surface area contributed by atoms with E-state index in [0.29, 0.717) is 31.6 Å². The summed E-state index contributed by atoms with van der Waals surface area (Å²) in [5.74, 6) is 0.350. The topological polar surface area (TPSA) is 117 Å². The molecule has 1 aromatic carbocycles. The number of carbonyl (C=O) groups excluding carboxylic acids is 2. The number of fused-ring (bicyclic) bond motifs is 1. The van der Waals surface area contributed by atoms with E-state index in [2.05, 4.69) is 25.2 Å². The van der Waals surface area contributed by atoms with Crippen molar-refractivity contribution in [3.63, 3.8) is 0 Å². The first-order chi connectivity index (χ1) is 14.6. The van der Waals surface area contributed by atoms with Crippen LogP contribution < -0.4 is 11.1 Å². The van der Waals surface area contributed by atoms with Gasteiger partial charge in [-0.3, -0.25) is 14.5 Å². The minimum absolute atomic E-state index is 0.0653. The molecule has 1 aliphatic rings. The summed E-state index contributed by atoms with van der Waals surface area (Å²) in [5, 5.41) is 3.02. The largest absolute Gasteiger partial charge is 0.369 e. The molecule has 0 spiro atoms. The molecule has 8 heteroatoms. The summed E-state index contributed by atoms with van der Waals surface area (Å²) in [6, 6.07) is 11.6. The van der Waals surface area contributed by atoms with Crippen LogP contribution in [0.2, 0.25) is 0 Å². The number of pyridine rings is 1. The number of primary amides is 1. The van der Waals surface area contributed by atoms with Crippen LogP contribution in [-0.2, 0) is 22.6 Å². The highest BCUT2D eigenvalue weighted by Gasteiger charge is 2.24. The van der Waals surface area contributed by atoms with E-state index in [1.54, 1.807) is 6.20 Å². The molecule has 156 valence electrons. The number of aromatic amines is 1. The van der Waals surface area contributed by atoms with E-state index in [1.807, 2.05) is 36.4 Å². The lowest BCUT2D eigenvalue weighted by molar-refractivity contribution is -0.123. The number of aryl methyl sites for hydroxylation is 1. The number of benzene rings is 1. The SMILES string of the molecule is NC(=O)C1CCCN(Cc2ccccc2NC(=O)CCc2nc3ncccc3[nH]2)C1. The Kier molecular flexibility index (Phi) is 6.04. The summed E-state index contributed by atoms with van der Waals surface area (Å²) in [7, 11) is 0. The molecule has 3 heterocycles. The van der Waals surface area contributed by atoms with Crippen molar-refractivity contribution >= 4 is 28.7 Å². The molecule has 8 nitrogen and oxygen atoms in total. The molecule has 30 heavy (non-hydrogen) atoms. The molecule has 4 N–H and O–H groups in total. The molecule has 1 aliphatic heterocycles. The van der Waals surface area contributed by atoms with Crippen LogP contribution in [0.1, 0.15) is 30.7 Å². The maximum Gasteiger partial charge on any atom is 0.224 e. The number of H-pyrrole nitrogens is 1. The standard InChI is InChI=1S/C22H26N6O2/c23-21(30)16-6-4-12-28(14-16)13-15-5-1-2-7-17(15)26-20(29)10-9-19-25-18-8-3-11-24-22(18)27-19/h1-3,5,7-8,11,16H,4,6,9-10,12-14H2,(H2,23,30)(H,26,29)(H,24,25,27). The number of likely N-dealkylation sites (tertiary alicyclic amines) is 1. The van der Waals surface area contributed by atoms with E-state index < -0.39 is 0 Å². The van der Waals surface area contributed by atoms with Crippen molar-refractivity contribution in [1.82, 2.24) is 19.9 Å². The van der Waals surface area contributed by atoms with Crippen LogP contribution in [0.5, 0.6) is 0 Å². The van der Waals surface area contributed by atoms with Crippen LogP contribution in [0.4, 0.5) is 5.69 Å². The molecule has 0 saturated carbocycles. The van der Waals surface area contributed by atoms with Crippen molar-refractivity contribution in [3.05, 3.63) is 54.0 Å². The number of nitrogens with two attached hydrogens (primary N) is 1. The molecular weight excluding hydrogens is 380 g/mol. The van der Waals surface area contributed by atoms with Gasteiger partial charge in [0.05, 0.1) is 11.4 Å². The maximum atomic E-state index is 12.5. The average molecular weight is 406 g/mol. The van der Waals surface area contributed by atoms with Gasteiger partial charge < -0.3 is 16.0 Å². The lowest BCUT2D eigenvalue weighted by Gasteiger charge is -2.31. The van der Waals surface area contributed by atoms with Crippen molar-refractivity contribution in [2.24, 2.45) is 11.7 Å². The van der Waals surface area contributed by atoms with Crippen molar-refractivity contribution < 1.29 is 9.59 Å². The summed E-state index contributed by atoms with van der Waals surface area (Å²) in [6.45, 7) is 2.26. The monoisotopic (exact) mass is 406 g/mol. The number of piperidine rings is 1. The van der Waals surface area contributed by atoms with E-state index in [1.165, 1.54) is 0 Å².